The molecule has 2 rings (SSSR count). The van der Waals surface area contributed by atoms with Gasteiger partial charge in [-0.15, -0.1) is 0 Å². The minimum atomic E-state index is 0.637. The molecule has 0 aliphatic heterocycles. The largest absolute Gasteiger partial charge is 0.0649 e. The van der Waals surface area contributed by atoms with Gasteiger partial charge in [-0.1, -0.05) is 33.1 Å². The molecule has 0 aromatic carbocycles. The molecular formula is C13H23. The van der Waals surface area contributed by atoms with Crippen molar-refractivity contribution < 1.29 is 0 Å². The van der Waals surface area contributed by atoms with Crippen molar-refractivity contribution in [3.8, 4) is 0 Å². The van der Waals surface area contributed by atoms with Gasteiger partial charge in [-0.3, -0.25) is 0 Å². The second-order valence-electron chi connectivity index (χ2n) is 5.62. The first-order chi connectivity index (χ1) is 6.18. The molecule has 0 heteroatoms. The SMILES string of the molecule is CCC1(C[CH]C2(C)CCC2)CCC1. The molecule has 0 unspecified atom stereocenters. The molecule has 13 heavy (non-hydrogen) atoms. The van der Waals surface area contributed by atoms with E-state index in [4.69, 9.17) is 0 Å². The fourth-order valence-corrected chi connectivity index (χ4v) is 2.78. The molecule has 2 aliphatic carbocycles. The standard InChI is InChI=1S/C13H23/c1-3-13(8-5-9-13)11-10-12(2)6-4-7-12/h10H,3-9,11H2,1-2H3. The zero-order valence-corrected chi connectivity index (χ0v) is 9.23. The molecule has 2 saturated carbocycles. The van der Waals surface area contributed by atoms with Crippen LogP contribution in [0.2, 0.25) is 0 Å². The van der Waals surface area contributed by atoms with Crippen LogP contribution in [-0.2, 0) is 0 Å². The Morgan fingerprint density at radius 1 is 1.08 bits per heavy atom. The van der Waals surface area contributed by atoms with Gasteiger partial charge in [-0.2, -0.15) is 0 Å². The Hall–Kier alpha value is 0. The molecule has 2 aliphatic rings. The van der Waals surface area contributed by atoms with Crippen LogP contribution in [0.4, 0.5) is 0 Å². The molecule has 0 aromatic heterocycles. The van der Waals surface area contributed by atoms with Crippen LogP contribution in [0.15, 0.2) is 0 Å². The van der Waals surface area contributed by atoms with Gasteiger partial charge in [0.05, 0.1) is 0 Å². The highest BCUT2D eigenvalue weighted by Gasteiger charge is 2.39. The van der Waals surface area contributed by atoms with Gasteiger partial charge in [0.1, 0.15) is 0 Å². The summed E-state index contributed by atoms with van der Waals surface area (Å²) >= 11 is 0. The quantitative estimate of drug-likeness (QED) is 0.602. The maximum atomic E-state index is 2.65. The lowest BCUT2D eigenvalue weighted by Crippen LogP contribution is -2.33. The van der Waals surface area contributed by atoms with Crippen LogP contribution >= 0.6 is 0 Å². The van der Waals surface area contributed by atoms with Crippen molar-refractivity contribution in [3.63, 3.8) is 0 Å². The first-order valence-corrected chi connectivity index (χ1v) is 6.03. The Morgan fingerprint density at radius 3 is 2.00 bits per heavy atom. The number of hydrogen-bond donors (Lipinski definition) is 0. The summed E-state index contributed by atoms with van der Waals surface area (Å²) in [6.07, 6.45) is 14.3. The average Bonchev–Trinajstić information content (AvgIpc) is 2.00. The Labute approximate surface area is 83.1 Å². The van der Waals surface area contributed by atoms with Gasteiger partial charge in [0.2, 0.25) is 0 Å². The van der Waals surface area contributed by atoms with E-state index in [-0.39, 0.29) is 0 Å². The number of hydrogen-bond acceptors (Lipinski definition) is 0. The van der Waals surface area contributed by atoms with Crippen LogP contribution in [0, 0.1) is 17.3 Å². The lowest BCUT2D eigenvalue weighted by molar-refractivity contribution is 0.0993. The summed E-state index contributed by atoms with van der Waals surface area (Å²) < 4.78 is 0. The van der Waals surface area contributed by atoms with Crippen LogP contribution in [0.5, 0.6) is 0 Å². The highest BCUT2D eigenvalue weighted by molar-refractivity contribution is 5.00. The van der Waals surface area contributed by atoms with Gasteiger partial charge in [0.25, 0.3) is 0 Å². The summed E-state index contributed by atoms with van der Waals surface area (Å²) in [6, 6.07) is 0. The van der Waals surface area contributed by atoms with E-state index in [1.807, 2.05) is 0 Å². The Balaban J connectivity index is 1.77. The van der Waals surface area contributed by atoms with Gasteiger partial charge in [-0.25, -0.2) is 0 Å². The fourth-order valence-electron chi connectivity index (χ4n) is 2.78. The third-order valence-corrected chi connectivity index (χ3v) is 4.69. The molecule has 0 aromatic rings. The van der Waals surface area contributed by atoms with Crippen LogP contribution < -0.4 is 0 Å². The first-order valence-electron chi connectivity index (χ1n) is 6.03. The van der Waals surface area contributed by atoms with Crippen molar-refractivity contribution in [3.05, 3.63) is 6.42 Å². The van der Waals surface area contributed by atoms with Gasteiger partial charge in [0, 0.05) is 0 Å². The summed E-state index contributed by atoms with van der Waals surface area (Å²) in [7, 11) is 0. The molecule has 0 spiro atoms. The van der Waals surface area contributed by atoms with Gasteiger partial charge >= 0.3 is 0 Å². The van der Waals surface area contributed by atoms with E-state index < -0.39 is 0 Å². The molecule has 0 nitrogen and oxygen atoms in total. The first kappa shape index (κ1) is 9.55. The van der Waals surface area contributed by atoms with Crippen molar-refractivity contribution in [2.24, 2.45) is 10.8 Å². The van der Waals surface area contributed by atoms with Crippen LogP contribution in [0.3, 0.4) is 0 Å². The Bertz CT molecular complexity index is 167. The zero-order chi connectivity index (χ0) is 9.36. The van der Waals surface area contributed by atoms with E-state index in [1.165, 1.54) is 51.4 Å². The molecule has 0 amide bonds. The lowest BCUT2D eigenvalue weighted by atomic mass is 9.59. The van der Waals surface area contributed by atoms with Gasteiger partial charge in [-0.05, 0) is 49.4 Å². The molecule has 1 radical (unpaired) electrons. The van der Waals surface area contributed by atoms with Crippen LogP contribution in [0.1, 0.15) is 65.2 Å². The van der Waals surface area contributed by atoms with E-state index in [0.29, 0.717) is 5.41 Å². The summed E-state index contributed by atoms with van der Waals surface area (Å²) in [5.74, 6) is 0. The average molecular weight is 179 g/mol. The second kappa shape index (κ2) is 3.29. The Morgan fingerprint density at radius 2 is 1.69 bits per heavy atom. The highest BCUT2D eigenvalue weighted by atomic mass is 14.4. The second-order valence-corrected chi connectivity index (χ2v) is 5.62. The molecule has 0 N–H and O–H groups in total. The number of rotatable bonds is 4. The topological polar surface area (TPSA) is 0 Å². The fraction of sp³-hybridized carbons (Fsp3) is 0.923. The van der Waals surface area contributed by atoms with E-state index >= 15 is 0 Å². The molecule has 0 atom stereocenters. The summed E-state index contributed by atoms with van der Waals surface area (Å²) in [5.41, 5.74) is 1.39. The molecule has 75 valence electrons. The van der Waals surface area contributed by atoms with Crippen molar-refractivity contribution in [2.75, 3.05) is 0 Å². The van der Waals surface area contributed by atoms with Crippen LogP contribution in [-0.4, -0.2) is 0 Å². The van der Waals surface area contributed by atoms with E-state index in [0.717, 1.165) is 5.41 Å². The molecule has 0 heterocycles. The molecule has 0 bridgehead atoms. The zero-order valence-electron chi connectivity index (χ0n) is 9.23. The highest BCUT2D eigenvalue weighted by Crippen LogP contribution is 2.52. The smallest absolute Gasteiger partial charge is 0.0294 e. The molecule has 2 fully saturated rings. The predicted octanol–water partition coefficient (Wildman–Crippen LogP) is 4.35. The van der Waals surface area contributed by atoms with Crippen molar-refractivity contribution >= 4 is 0 Å². The van der Waals surface area contributed by atoms with E-state index in [2.05, 4.69) is 20.3 Å². The minimum Gasteiger partial charge on any atom is -0.0649 e. The van der Waals surface area contributed by atoms with Crippen molar-refractivity contribution in [1.29, 1.82) is 0 Å². The summed E-state index contributed by atoms with van der Waals surface area (Å²) in [4.78, 5) is 0. The van der Waals surface area contributed by atoms with Gasteiger partial charge < -0.3 is 0 Å². The lowest BCUT2D eigenvalue weighted by Gasteiger charge is -2.46. The monoisotopic (exact) mass is 179 g/mol. The predicted molar refractivity (Wildman–Crippen MR) is 57.5 cm³/mol. The third kappa shape index (κ3) is 1.78. The minimum absolute atomic E-state index is 0.637. The van der Waals surface area contributed by atoms with Gasteiger partial charge in [0.15, 0.2) is 0 Å². The van der Waals surface area contributed by atoms with Crippen molar-refractivity contribution in [2.45, 2.75) is 65.2 Å². The summed E-state index contributed by atoms with van der Waals surface area (Å²) in [6.45, 7) is 4.81. The maximum absolute atomic E-state index is 2.65. The maximum Gasteiger partial charge on any atom is -0.0294 e. The summed E-state index contributed by atoms with van der Waals surface area (Å²) in [5, 5.41) is 0. The normalized spacial score (nSPS) is 29.1. The van der Waals surface area contributed by atoms with Crippen molar-refractivity contribution in [1.82, 2.24) is 0 Å². The molecule has 0 saturated heterocycles. The van der Waals surface area contributed by atoms with E-state index in [1.54, 1.807) is 0 Å². The Kier molecular flexibility index (Phi) is 2.42. The third-order valence-electron chi connectivity index (χ3n) is 4.69. The van der Waals surface area contributed by atoms with Crippen LogP contribution in [0.25, 0.3) is 0 Å². The van der Waals surface area contributed by atoms with E-state index in [9.17, 15) is 0 Å². The molecular weight excluding hydrogens is 156 g/mol.